The first-order valence-corrected chi connectivity index (χ1v) is 5.86. The average Bonchev–Trinajstić information content (AvgIpc) is 2.37. The van der Waals surface area contributed by atoms with Gasteiger partial charge >= 0.3 is 0 Å². The number of benzene rings is 2. The molecule has 0 fully saturated rings. The van der Waals surface area contributed by atoms with Crippen LogP contribution in [0.25, 0.3) is 11.1 Å². The molecule has 2 rings (SSSR count). The minimum atomic E-state index is -0.847. The summed E-state index contributed by atoms with van der Waals surface area (Å²) in [5, 5.41) is 0.522. The summed E-state index contributed by atoms with van der Waals surface area (Å²) in [5.74, 6) is -1.67. The van der Waals surface area contributed by atoms with Gasteiger partial charge in [-0.05, 0) is 35.7 Å². The van der Waals surface area contributed by atoms with Crippen molar-refractivity contribution in [1.82, 2.24) is 0 Å². The van der Waals surface area contributed by atoms with Gasteiger partial charge in [0.1, 0.15) is 0 Å². The highest BCUT2D eigenvalue weighted by molar-refractivity contribution is 6.31. The highest BCUT2D eigenvalue weighted by Gasteiger charge is 2.13. The Balaban J connectivity index is 2.59. The molecular weight excluding hydrogens is 256 g/mol. The molecule has 0 atom stereocenters. The van der Waals surface area contributed by atoms with Gasteiger partial charge in [-0.1, -0.05) is 29.8 Å². The van der Waals surface area contributed by atoms with Gasteiger partial charge in [0.05, 0.1) is 0 Å². The van der Waals surface area contributed by atoms with Crippen molar-refractivity contribution in [2.75, 3.05) is 0 Å². The van der Waals surface area contributed by atoms with Crippen molar-refractivity contribution in [3.05, 3.63) is 58.1 Å². The normalized spacial score (nSPS) is 10.7. The number of rotatable bonds is 2. The number of hydrogen-bond acceptors (Lipinski definition) is 1. The zero-order valence-corrected chi connectivity index (χ0v) is 10.6. The Labute approximate surface area is 109 Å². The molecule has 0 bridgehead atoms. The maximum Gasteiger partial charge on any atom is 0.166 e. The third kappa shape index (κ3) is 2.24. The van der Waals surface area contributed by atoms with Gasteiger partial charge in [-0.3, -0.25) is 0 Å². The minimum absolute atomic E-state index is 0.212. The Morgan fingerprint density at radius 2 is 1.83 bits per heavy atom. The van der Waals surface area contributed by atoms with Crippen LogP contribution < -0.4 is 5.73 Å². The van der Waals surface area contributed by atoms with Crippen LogP contribution in [0.3, 0.4) is 0 Å². The van der Waals surface area contributed by atoms with E-state index in [2.05, 4.69) is 0 Å². The topological polar surface area (TPSA) is 26.0 Å². The monoisotopic (exact) mass is 267 g/mol. The third-order valence-electron chi connectivity index (χ3n) is 2.85. The fraction of sp³-hybridized carbons (Fsp3) is 0.143. The quantitative estimate of drug-likeness (QED) is 0.873. The molecule has 2 aromatic rings. The van der Waals surface area contributed by atoms with Crippen LogP contribution in [-0.4, -0.2) is 0 Å². The summed E-state index contributed by atoms with van der Waals surface area (Å²) in [7, 11) is 0. The van der Waals surface area contributed by atoms with Crippen molar-refractivity contribution < 1.29 is 8.78 Å². The van der Waals surface area contributed by atoms with Crippen LogP contribution in [-0.2, 0) is 6.54 Å². The van der Waals surface area contributed by atoms with Crippen molar-refractivity contribution in [3.8, 4) is 11.1 Å². The molecule has 0 radical (unpaired) electrons. The van der Waals surface area contributed by atoms with E-state index in [0.717, 1.165) is 0 Å². The predicted molar refractivity (Wildman–Crippen MR) is 69.4 cm³/mol. The fourth-order valence-corrected chi connectivity index (χ4v) is 1.96. The Hall–Kier alpha value is -1.45. The molecule has 18 heavy (non-hydrogen) atoms. The molecule has 4 heteroatoms. The van der Waals surface area contributed by atoms with E-state index in [0.29, 0.717) is 16.1 Å². The van der Waals surface area contributed by atoms with Crippen LogP contribution in [0.5, 0.6) is 0 Å². The lowest BCUT2D eigenvalue weighted by atomic mass is 10.0. The summed E-state index contributed by atoms with van der Waals surface area (Å²) < 4.78 is 27.4. The van der Waals surface area contributed by atoms with Gasteiger partial charge in [0, 0.05) is 17.1 Å². The number of halogens is 3. The zero-order chi connectivity index (χ0) is 13.3. The Kier molecular flexibility index (Phi) is 3.64. The molecule has 2 N–H and O–H groups in total. The van der Waals surface area contributed by atoms with Crippen molar-refractivity contribution in [1.29, 1.82) is 0 Å². The van der Waals surface area contributed by atoms with Crippen molar-refractivity contribution in [2.45, 2.75) is 13.5 Å². The van der Waals surface area contributed by atoms with E-state index in [1.807, 2.05) is 0 Å². The van der Waals surface area contributed by atoms with Crippen LogP contribution in [0.2, 0.25) is 5.02 Å². The molecule has 0 spiro atoms. The van der Waals surface area contributed by atoms with Crippen molar-refractivity contribution >= 4 is 11.6 Å². The summed E-state index contributed by atoms with van der Waals surface area (Å²) in [4.78, 5) is 0. The molecule has 94 valence electrons. The first kappa shape index (κ1) is 13.0. The second-order valence-electron chi connectivity index (χ2n) is 4.07. The van der Waals surface area contributed by atoms with Gasteiger partial charge in [-0.2, -0.15) is 0 Å². The molecule has 0 saturated carbocycles. The lowest BCUT2D eigenvalue weighted by Gasteiger charge is -2.09. The highest BCUT2D eigenvalue weighted by Crippen LogP contribution is 2.29. The van der Waals surface area contributed by atoms with E-state index < -0.39 is 11.6 Å². The number of aryl methyl sites for hydroxylation is 1. The van der Waals surface area contributed by atoms with Gasteiger partial charge in [0.15, 0.2) is 11.6 Å². The first-order chi connectivity index (χ1) is 8.54. The van der Waals surface area contributed by atoms with Gasteiger partial charge < -0.3 is 5.73 Å². The van der Waals surface area contributed by atoms with Gasteiger partial charge in [0.25, 0.3) is 0 Å². The minimum Gasteiger partial charge on any atom is -0.326 e. The van der Waals surface area contributed by atoms with Crippen LogP contribution in [0.4, 0.5) is 8.78 Å². The Bertz CT molecular complexity index is 597. The molecular formula is C14H12ClF2N. The molecule has 2 aromatic carbocycles. The molecule has 1 nitrogen and oxygen atoms in total. The molecule has 0 amide bonds. The van der Waals surface area contributed by atoms with Crippen LogP contribution >= 0.6 is 11.6 Å². The summed E-state index contributed by atoms with van der Waals surface area (Å²) in [6.07, 6.45) is 0. The Morgan fingerprint density at radius 1 is 1.11 bits per heavy atom. The molecule has 0 aliphatic rings. The smallest absolute Gasteiger partial charge is 0.166 e. The van der Waals surface area contributed by atoms with Crippen LogP contribution in [0.1, 0.15) is 11.1 Å². The SMILES string of the molecule is Cc1ccc(-c2ccc(Cl)c(CN)c2)c(F)c1F. The van der Waals surface area contributed by atoms with Crippen molar-refractivity contribution in [3.63, 3.8) is 0 Å². The van der Waals surface area contributed by atoms with E-state index in [1.165, 1.54) is 6.92 Å². The van der Waals surface area contributed by atoms with Gasteiger partial charge in [-0.15, -0.1) is 0 Å². The summed E-state index contributed by atoms with van der Waals surface area (Å²) in [5.41, 5.74) is 7.30. The van der Waals surface area contributed by atoms with E-state index in [9.17, 15) is 8.78 Å². The lowest BCUT2D eigenvalue weighted by Crippen LogP contribution is -1.98. The molecule has 0 aliphatic carbocycles. The second kappa shape index (κ2) is 5.04. The lowest BCUT2D eigenvalue weighted by molar-refractivity contribution is 0.505. The second-order valence-corrected chi connectivity index (χ2v) is 4.48. The van der Waals surface area contributed by atoms with Gasteiger partial charge in [-0.25, -0.2) is 8.78 Å². The van der Waals surface area contributed by atoms with E-state index >= 15 is 0 Å². The predicted octanol–water partition coefficient (Wildman–Crippen LogP) is 4.05. The fourth-order valence-electron chi connectivity index (χ4n) is 1.77. The van der Waals surface area contributed by atoms with E-state index in [4.69, 9.17) is 17.3 Å². The molecule has 0 unspecified atom stereocenters. The summed E-state index contributed by atoms with van der Waals surface area (Å²) >= 11 is 5.93. The molecule has 0 aliphatic heterocycles. The average molecular weight is 268 g/mol. The van der Waals surface area contributed by atoms with Crippen molar-refractivity contribution in [2.24, 2.45) is 5.73 Å². The van der Waals surface area contributed by atoms with E-state index in [-0.39, 0.29) is 17.7 Å². The zero-order valence-electron chi connectivity index (χ0n) is 9.81. The van der Waals surface area contributed by atoms with Crippen LogP contribution in [0.15, 0.2) is 30.3 Å². The van der Waals surface area contributed by atoms with Crippen LogP contribution in [0, 0.1) is 18.6 Å². The number of hydrogen-bond donors (Lipinski definition) is 1. The number of nitrogens with two attached hydrogens (primary N) is 1. The molecule has 0 saturated heterocycles. The summed E-state index contributed by atoms with van der Waals surface area (Å²) in [6.45, 7) is 1.78. The maximum atomic E-state index is 13.8. The first-order valence-electron chi connectivity index (χ1n) is 5.48. The highest BCUT2D eigenvalue weighted by atomic mass is 35.5. The standard InChI is InChI=1S/C14H12ClF2N/c1-8-2-4-11(14(17)13(8)16)9-3-5-12(15)10(6-9)7-18/h2-6H,7,18H2,1H3. The molecule has 0 heterocycles. The largest absolute Gasteiger partial charge is 0.326 e. The molecule has 0 aromatic heterocycles. The Morgan fingerprint density at radius 3 is 2.50 bits per heavy atom. The third-order valence-corrected chi connectivity index (χ3v) is 3.22. The summed E-state index contributed by atoms with van der Waals surface area (Å²) in [6, 6.07) is 8.06. The maximum absolute atomic E-state index is 13.8. The van der Waals surface area contributed by atoms with Gasteiger partial charge in [0.2, 0.25) is 0 Å². The van der Waals surface area contributed by atoms with E-state index in [1.54, 1.807) is 30.3 Å².